The summed E-state index contributed by atoms with van der Waals surface area (Å²) >= 11 is 0. The van der Waals surface area contributed by atoms with E-state index < -0.39 is 59.7 Å². The van der Waals surface area contributed by atoms with Crippen LogP contribution in [-0.2, 0) is 33.3 Å². The number of fused-ring (bicyclic) bond motifs is 14. The minimum Gasteiger partial charge on any atom is -0.493 e. The van der Waals surface area contributed by atoms with E-state index in [2.05, 4.69) is 24.0 Å². The van der Waals surface area contributed by atoms with E-state index in [1.54, 1.807) is 19.9 Å². The third-order valence-corrected chi connectivity index (χ3v) is 11.3. The Labute approximate surface area is 311 Å². The molecular weight excluding hydrogens is 664 g/mol. The van der Waals surface area contributed by atoms with Gasteiger partial charge in [0, 0.05) is 31.1 Å². The van der Waals surface area contributed by atoms with Crippen molar-refractivity contribution in [2.45, 2.75) is 135 Å². The first-order valence-electron chi connectivity index (χ1n) is 19.0. The minimum atomic E-state index is -1.63. The van der Waals surface area contributed by atoms with Crippen LogP contribution in [-0.4, -0.2) is 126 Å². The van der Waals surface area contributed by atoms with Gasteiger partial charge in [0.25, 0.3) is 0 Å². The Balaban J connectivity index is 1.84. The van der Waals surface area contributed by atoms with Crippen molar-refractivity contribution in [3.05, 3.63) is 54.3 Å². The van der Waals surface area contributed by atoms with E-state index in [-0.39, 0.29) is 36.5 Å². The van der Waals surface area contributed by atoms with Crippen LogP contribution in [0, 0.1) is 17.8 Å². The lowest BCUT2D eigenvalue weighted by atomic mass is 9.78. The van der Waals surface area contributed by atoms with Crippen LogP contribution in [0.4, 0.5) is 0 Å². The Bertz CT molecular complexity index is 1370. The summed E-state index contributed by atoms with van der Waals surface area (Å²) in [5, 5.41) is 23.8. The molecule has 0 amide bonds. The highest BCUT2D eigenvalue weighted by molar-refractivity contribution is 6.00. The third-order valence-electron chi connectivity index (χ3n) is 11.3. The maximum atomic E-state index is 14.3. The molecule has 0 saturated carbocycles. The third kappa shape index (κ3) is 9.91. The van der Waals surface area contributed by atoms with Crippen LogP contribution in [0.2, 0.25) is 0 Å². The second kappa shape index (κ2) is 18.1. The van der Waals surface area contributed by atoms with E-state index in [4.69, 9.17) is 23.7 Å². The van der Waals surface area contributed by atoms with Crippen LogP contribution in [0.5, 0.6) is 0 Å². The Morgan fingerprint density at radius 3 is 2.42 bits per heavy atom. The van der Waals surface area contributed by atoms with Gasteiger partial charge in [0.15, 0.2) is 12.1 Å². The predicted octanol–water partition coefficient (Wildman–Crippen LogP) is 4.84. The van der Waals surface area contributed by atoms with Gasteiger partial charge in [0.2, 0.25) is 0 Å². The van der Waals surface area contributed by atoms with Gasteiger partial charge in [-0.1, -0.05) is 63.3 Å². The zero-order valence-corrected chi connectivity index (χ0v) is 32.9. The SMILES string of the molecule is CC[C@H]1OC(=O)C(C)C(=O)[C@H](C)[C@@H](O[C@@H]2O[C@H](C)C[C@H](N(C)C)[C@H]2O)[C@@]2(C)C[C@@H](C)CN(C/C=C/c3ccccc3)[C@H](C)[C@H](O/C=C/CO2)[C@]1(C)O. The molecule has 13 atom stereocenters. The molecule has 11 heteroatoms. The van der Waals surface area contributed by atoms with Crippen LogP contribution in [0.1, 0.15) is 80.2 Å². The van der Waals surface area contributed by atoms with E-state index in [9.17, 15) is 19.8 Å². The first-order chi connectivity index (χ1) is 24.5. The average Bonchev–Trinajstić information content (AvgIpc) is 3.09. The van der Waals surface area contributed by atoms with Crippen LogP contribution in [0.3, 0.4) is 0 Å². The number of ketones is 1. The van der Waals surface area contributed by atoms with Crippen molar-refractivity contribution in [3.8, 4) is 0 Å². The largest absolute Gasteiger partial charge is 0.493 e. The van der Waals surface area contributed by atoms with Crippen LogP contribution in [0.15, 0.2) is 48.7 Å². The van der Waals surface area contributed by atoms with Gasteiger partial charge in [-0.3, -0.25) is 14.5 Å². The first-order valence-corrected chi connectivity index (χ1v) is 19.0. The van der Waals surface area contributed by atoms with Gasteiger partial charge in [-0.2, -0.15) is 0 Å². The molecule has 0 radical (unpaired) electrons. The number of carbonyl (C=O) groups excluding carboxylic acids is 2. The molecule has 1 unspecified atom stereocenters. The fourth-order valence-corrected chi connectivity index (χ4v) is 8.35. The quantitative estimate of drug-likeness (QED) is 0.296. The number of ether oxygens (including phenoxy) is 5. The number of aliphatic hydroxyl groups is 2. The average molecular weight is 729 g/mol. The number of rotatable bonds is 7. The van der Waals surface area contributed by atoms with Gasteiger partial charge in [0.05, 0.1) is 30.7 Å². The summed E-state index contributed by atoms with van der Waals surface area (Å²) < 4.78 is 32.1. The molecule has 292 valence electrons. The zero-order chi connectivity index (χ0) is 38.4. The number of esters is 1. The summed E-state index contributed by atoms with van der Waals surface area (Å²) in [6.45, 7) is 16.1. The summed E-state index contributed by atoms with van der Waals surface area (Å²) in [5.74, 6) is -3.15. The number of likely N-dealkylation sites (N-methyl/N-ethyl adjacent to an activating group) is 1. The Kier molecular flexibility index (Phi) is 14.7. The molecule has 2 bridgehead atoms. The van der Waals surface area contributed by atoms with Gasteiger partial charge in [0.1, 0.15) is 29.8 Å². The lowest BCUT2D eigenvalue weighted by molar-refractivity contribution is -0.297. The number of hydrogen-bond donors (Lipinski definition) is 2. The highest BCUT2D eigenvalue weighted by Crippen LogP contribution is 2.38. The molecule has 4 aliphatic heterocycles. The highest BCUT2D eigenvalue weighted by atomic mass is 16.7. The van der Waals surface area contributed by atoms with Crippen molar-refractivity contribution >= 4 is 17.8 Å². The normalized spacial score (nSPS) is 41.0. The molecule has 2 fully saturated rings. The molecule has 0 spiro atoms. The summed E-state index contributed by atoms with van der Waals surface area (Å²) in [7, 11) is 3.82. The Hall–Kier alpha value is -2.64. The molecule has 11 nitrogen and oxygen atoms in total. The van der Waals surface area contributed by atoms with E-state index in [1.165, 1.54) is 13.2 Å². The van der Waals surface area contributed by atoms with Gasteiger partial charge in [-0.05, 0) is 85.5 Å². The van der Waals surface area contributed by atoms with Crippen molar-refractivity contribution in [2.75, 3.05) is 33.8 Å². The molecular formula is C41H64N2O9. The highest BCUT2D eigenvalue weighted by Gasteiger charge is 2.51. The lowest BCUT2D eigenvalue weighted by Crippen LogP contribution is -2.60. The van der Waals surface area contributed by atoms with Crippen LogP contribution >= 0.6 is 0 Å². The number of aliphatic hydroxyl groups excluding tert-OH is 1. The first kappa shape index (κ1) is 42.1. The summed E-state index contributed by atoms with van der Waals surface area (Å²) in [4.78, 5) is 32.3. The zero-order valence-electron chi connectivity index (χ0n) is 32.9. The van der Waals surface area contributed by atoms with Crippen molar-refractivity contribution in [1.82, 2.24) is 9.80 Å². The van der Waals surface area contributed by atoms with Crippen molar-refractivity contribution < 1.29 is 43.5 Å². The van der Waals surface area contributed by atoms with Crippen LogP contribution in [0.25, 0.3) is 6.08 Å². The summed E-state index contributed by atoms with van der Waals surface area (Å²) in [5.41, 5.74) is -1.64. The fourth-order valence-electron chi connectivity index (χ4n) is 8.35. The minimum absolute atomic E-state index is 0.00645. The maximum absolute atomic E-state index is 14.3. The van der Waals surface area contributed by atoms with Crippen molar-refractivity contribution in [3.63, 3.8) is 0 Å². The fraction of sp³-hybridized carbons (Fsp3) is 0.707. The number of hydrogen-bond acceptors (Lipinski definition) is 11. The van der Waals surface area contributed by atoms with Gasteiger partial charge in [-0.25, -0.2) is 0 Å². The second-order valence-electron chi connectivity index (χ2n) is 16.0. The molecule has 0 aliphatic carbocycles. The second-order valence-corrected chi connectivity index (χ2v) is 16.0. The Morgan fingerprint density at radius 1 is 1.08 bits per heavy atom. The molecule has 1 aromatic rings. The molecule has 4 heterocycles. The summed E-state index contributed by atoms with van der Waals surface area (Å²) in [6, 6.07) is 9.50. The Morgan fingerprint density at radius 2 is 1.77 bits per heavy atom. The van der Waals surface area contributed by atoms with Crippen LogP contribution < -0.4 is 0 Å². The smallest absolute Gasteiger partial charge is 0.316 e. The molecule has 2 N–H and O–H groups in total. The monoisotopic (exact) mass is 728 g/mol. The molecule has 4 aliphatic rings. The topological polar surface area (TPSA) is 127 Å². The van der Waals surface area contributed by atoms with Gasteiger partial charge >= 0.3 is 5.97 Å². The molecule has 2 saturated heterocycles. The number of nitrogens with zero attached hydrogens (tertiary/aromatic N) is 2. The predicted molar refractivity (Wildman–Crippen MR) is 200 cm³/mol. The number of benzene rings is 1. The van der Waals surface area contributed by atoms with Crippen molar-refractivity contribution in [2.24, 2.45) is 17.8 Å². The van der Waals surface area contributed by atoms with E-state index in [0.717, 1.165) is 5.56 Å². The molecule has 5 rings (SSSR count). The van der Waals surface area contributed by atoms with E-state index in [1.807, 2.05) is 77.0 Å². The van der Waals surface area contributed by atoms with E-state index >= 15 is 0 Å². The lowest BCUT2D eigenvalue weighted by Gasteiger charge is -2.47. The number of Topliss-reactive ketones (excluding diaryl/α,β-unsaturated/α-hetero) is 1. The van der Waals surface area contributed by atoms with Gasteiger partial charge in [-0.15, -0.1) is 0 Å². The molecule has 1 aromatic carbocycles. The van der Waals surface area contributed by atoms with Gasteiger partial charge < -0.3 is 38.8 Å². The number of carbonyl (C=O) groups is 2. The van der Waals surface area contributed by atoms with E-state index in [0.29, 0.717) is 32.4 Å². The van der Waals surface area contributed by atoms with Crippen molar-refractivity contribution in [1.29, 1.82) is 0 Å². The molecule has 52 heavy (non-hydrogen) atoms. The standard InChI is InChI=1S/C41H64N2O9/c1-11-33-41(8,47)37-30(6)43(20-15-19-31-17-13-12-14-18-31)25-26(2)24-40(7,49-22-16-21-48-37)36(28(4)34(44)29(5)38(46)51-33)52-39-35(45)32(42(9)10)23-27(3)50-39/h12-19,21,26-30,32-33,35-37,39,45,47H,11,20,22-25H2,1-10H3/b19-15+,21-16+/t26-,27-,28+,29?,30-,32+,33-,35-,36-,37+,39+,40-,41-/m1/s1. The maximum Gasteiger partial charge on any atom is 0.316 e. The molecule has 0 aromatic heterocycles. The summed E-state index contributed by atoms with van der Waals surface area (Å²) in [6.07, 6.45) is 3.89.